The van der Waals surface area contributed by atoms with Crippen LogP contribution in [-0.4, -0.2) is 11.1 Å². The monoisotopic (exact) mass is 296 g/mol. The molecule has 0 bridgehead atoms. The van der Waals surface area contributed by atoms with E-state index in [1.165, 1.54) is 26.9 Å². The Labute approximate surface area is 129 Å². The molecule has 21 heavy (non-hydrogen) atoms. The molecular formula is C18H20N2S. The molecule has 0 saturated heterocycles. The lowest BCUT2D eigenvalue weighted by atomic mass is 10.0. The largest absolute Gasteiger partial charge is 0.344 e. The van der Waals surface area contributed by atoms with Crippen LogP contribution in [0, 0.1) is 6.92 Å². The molecule has 1 aliphatic heterocycles. The quantitative estimate of drug-likeness (QED) is 0.775. The van der Waals surface area contributed by atoms with Crippen molar-refractivity contribution in [1.29, 1.82) is 0 Å². The molecule has 0 aliphatic carbocycles. The SMILES string of the molecule is Cc1ccc2c(c1)c1c(n2CCc2cccs2)CCNC1. The van der Waals surface area contributed by atoms with Crippen LogP contribution >= 0.6 is 11.3 Å². The second kappa shape index (κ2) is 5.32. The molecule has 3 aromatic rings. The first-order chi connectivity index (χ1) is 10.3. The third-order valence-electron chi connectivity index (χ3n) is 4.44. The molecule has 1 N–H and O–H groups in total. The predicted molar refractivity (Wildman–Crippen MR) is 90.1 cm³/mol. The molecule has 0 unspecified atom stereocenters. The molecule has 0 saturated carbocycles. The van der Waals surface area contributed by atoms with Gasteiger partial charge in [0, 0.05) is 47.5 Å². The van der Waals surface area contributed by atoms with Crippen LogP contribution in [0.1, 0.15) is 21.7 Å². The summed E-state index contributed by atoms with van der Waals surface area (Å²) in [6.45, 7) is 5.39. The molecule has 0 atom stereocenters. The van der Waals surface area contributed by atoms with Crippen molar-refractivity contribution < 1.29 is 0 Å². The third-order valence-corrected chi connectivity index (χ3v) is 5.38. The number of aromatic nitrogens is 1. The minimum Gasteiger partial charge on any atom is -0.344 e. The van der Waals surface area contributed by atoms with Gasteiger partial charge in [-0.1, -0.05) is 17.7 Å². The van der Waals surface area contributed by atoms with Gasteiger partial charge in [0.15, 0.2) is 0 Å². The number of fused-ring (bicyclic) bond motifs is 3. The van der Waals surface area contributed by atoms with Gasteiger partial charge in [-0.05, 0) is 42.5 Å². The summed E-state index contributed by atoms with van der Waals surface area (Å²) in [7, 11) is 0. The maximum Gasteiger partial charge on any atom is 0.0486 e. The van der Waals surface area contributed by atoms with Gasteiger partial charge >= 0.3 is 0 Å². The van der Waals surface area contributed by atoms with E-state index in [2.05, 4.69) is 52.5 Å². The number of aryl methyl sites for hydroxylation is 3. The van der Waals surface area contributed by atoms with Crippen LogP contribution in [0.3, 0.4) is 0 Å². The number of hydrogen-bond acceptors (Lipinski definition) is 2. The Morgan fingerprint density at radius 1 is 1.29 bits per heavy atom. The zero-order valence-corrected chi connectivity index (χ0v) is 13.2. The lowest BCUT2D eigenvalue weighted by Gasteiger charge is -2.17. The Balaban J connectivity index is 1.79. The van der Waals surface area contributed by atoms with Crippen LogP contribution in [0.5, 0.6) is 0 Å². The van der Waals surface area contributed by atoms with Crippen LogP contribution in [0.25, 0.3) is 10.9 Å². The van der Waals surface area contributed by atoms with E-state index in [0.717, 1.165) is 32.5 Å². The van der Waals surface area contributed by atoms with E-state index in [1.807, 2.05) is 11.3 Å². The second-order valence-corrected chi connectivity index (χ2v) is 6.89. The van der Waals surface area contributed by atoms with Gasteiger partial charge in [-0.2, -0.15) is 0 Å². The first-order valence-electron chi connectivity index (χ1n) is 7.66. The lowest BCUT2D eigenvalue weighted by molar-refractivity contribution is 0.596. The highest BCUT2D eigenvalue weighted by Gasteiger charge is 2.19. The van der Waals surface area contributed by atoms with E-state index in [4.69, 9.17) is 0 Å². The van der Waals surface area contributed by atoms with Crippen LogP contribution in [-0.2, 0) is 25.9 Å². The molecule has 1 aliphatic rings. The van der Waals surface area contributed by atoms with Gasteiger partial charge in [-0.3, -0.25) is 0 Å². The molecule has 108 valence electrons. The van der Waals surface area contributed by atoms with Gasteiger partial charge in [0.2, 0.25) is 0 Å². The van der Waals surface area contributed by atoms with E-state index in [1.54, 1.807) is 5.69 Å². The molecule has 0 spiro atoms. The molecule has 3 heterocycles. The van der Waals surface area contributed by atoms with Gasteiger partial charge in [-0.25, -0.2) is 0 Å². The van der Waals surface area contributed by atoms with E-state index >= 15 is 0 Å². The fraction of sp³-hybridized carbons (Fsp3) is 0.333. The Kier molecular flexibility index (Phi) is 3.32. The molecule has 0 fully saturated rings. The fourth-order valence-electron chi connectivity index (χ4n) is 3.43. The number of benzene rings is 1. The molecule has 4 rings (SSSR count). The smallest absolute Gasteiger partial charge is 0.0486 e. The van der Waals surface area contributed by atoms with Crippen LogP contribution in [0.4, 0.5) is 0 Å². The van der Waals surface area contributed by atoms with E-state index in [0.29, 0.717) is 0 Å². The number of nitrogens with one attached hydrogen (secondary N) is 1. The first-order valence-corrected chi connectivity index (χ1v) is 8.54. The molecule has 0 amide bonds. The molecule has 1 aromatic carbocycles. The number of nitrogens with zero attached hydrogens (tertiary/aromatic N) is 1. The van der Waals surface area contributed by atoms with Gasteiger partial charge < -0.3 is 9.88 Å². The third kappa shape index (κ3) is 2.30. The molecular weight excluding hydrogens is 276 g/mol. The summed E-state index contributed by atoms with van der Waals surface area (Å²) in [6, 6.07) is 11.3. The highest BCUT2D eigenvalue weighted by Crippen LogP contribution is 2.30. The Morgan fingerprint density at radius 3 is 3.10 bits per heavy atom. The van der Waals surface area contributed by atoms with Crippen molar-refractivity contribution in [2.24, 2.45) is 0 Å². The molecule has 2 aromatic heterocycles. The van der Waals surface area contributed by atoms with Crippen LogP contribution < -0.4 is 5.32 Å². The minimum absolute atomic E-state index is 1.02. The van der Waals surface area contributed by atoms with E-state index in [-0.39, 0.29) is 0 Å². The molecule has 2 nitrogen and oxygen atoms in total. The normalized spacial score (nSPS) is 14.5. The Morgan fingerprint density at radius 2 is 2.24 bits per heavy atom. The standard InChI is InChI=1S/C18H20N2S/c1-13-4-5-17-15(11-13)16-12-19-8-6-18(16)20(17)9-7-14-3-2-10-21-14/h2-5,10-11,19H,6-9,12H2,1H3. The summed E-state index contributed by atoms with van der Waals surface area (Å²) in [5.74, 6) is 0. The predicted octanol–water partition coefficient (Wildman–Crippen LogP) is 3.90. The Hall–Kier alpha value is -1.58. The van der Waals surface area contributed by atoms with Crippen molar-refractivity contribution in [3.05, 3.63) is 57.4 Å². The number of rotatable bonds is 3. The zero-order chi connectivity index (χ0) is 14.2. The molecule has 3 heteroatoms. The summed E-state index contributed by atoms with van der Waals surface area (Å²) < 4.78 is 2.56. The highest BCUT2D eigenvalue weighted by molar-refractivity contribution is 7.09. The maximum atomic E-state index is 3.52. The lowest BCUT2D eigenvalue weighted by Crippen LogP contribution is -2.24. The van der Waals surface area contributed by atoms with Crippen molar-refractivity contribution in [2.75, 3.05) is 6.54 Å². The van der Waals surface area contributed by atoms with Crippen molar-refractivity contribution >= 4 is 22.2 Å². The summed E-state index contributed by atoms with van der Waals surface area (Å²) in [5.41, 5.74) is 5.83. The Bertz CT molecular complexity index is 768. The summed E-state index contributed by atoms with van der Waals surface area (Å²) >= 11 is 1.86. The van der Waals surface area contributed by atoms with Gasteiger partial charge in [0.25, 0.3) is 0 Å². The summed E-state index contributed by atoms with van der Waals surface area (Å²) in [5, 5.41) is 7.14. The van der Waals surface area contributed by atoms with Crippen molar-refractivity contribution in [1.82, 2.24) is 9.88 Å². The highest BCUT2D eigenvalue weighted by atomic mass is 32.1. The topological polar surface area (TPSA) is 17.0 Å². The summed E-state index contributed by atoms with van der Waals surface area (Å²) in [6.07, 6.45) is 2.28. The van der Waals surface area contributed by atoms with Crippen molar-refractivity contribution in [2.45, 2.75) is 32.9 Å². The van der Waals surface area contributed by atoms with Gasteiger partial charge in [0.05, 0.1) is 0 Å². The first kappa shape index (κ1) is 13.1. The van der Waals surface area contributed by atoms with Crippen molar-refractivity contribution in [3.8, 4) is 0 Å². The van der Waals surface area contributed by atoms with E-state index < -0.39 is 0 Å². The van der Waals surface area contributed by atoms with Crippen molar-refractivity contribution in [3.63, 3.8) is 0 Å². The summed E-state index contributed by atoms with van der Waals surface area (Å²) in [4.78, 5) is 1.48. The maximum absolute atomic E-state index is 3.52. The second-order valence-electron chi connectivity index (χ2n) is 5.85. The number of thiophene rings is 1. The van der Waals surface area contributed by atoms with Gasteiger partial charge in [-0.15, -0.1) is 11.3 Å². The average Bonchev–Trinajstić information content (AvgIpc) is 3.11. The van der Waals surface area contributed by atoms with Crippen LogP contribution in [0.2, 0.25) is 0 Å². The fourth-order valence-corrected chi connectivity index (χ4v) is 4.12. The van der Waals surface area contributed by atoms with Crippen LogP contribution in [0.15, 0.2) is 35.7 Å². The zero-order valence-electron chi connectivity index (χ0n) is 12.4. The minimum atomic E-state index is 1.02. The van der Waals surface area contributed by atoms with E-state index in [9.17, 15) is 0 Å². The number of hydrogen-bond donors (Lipinski definition) is 1. The average molecular weight is 296 g/mol. The van der Waals surface area contributed by atoms with Gasteiger partial charge in [0.1, 0.15) is 0 Å². The molecule has 0 radical (unpaired) electrons.